The molecule has 1 aliphatic carbocycles. The molecule has 1 aromatic heterocycles. The molecular weight excluding hydrogens is 270 g/mol. The molecule has 2 aromatic rings. The first-order valence-corrected chi connectivity index (χ1v) is 7.93. The summed E-state index contributed by atoms with van der Waals surface area (Å²) in [5.74, 6) is -0.709. The molecule has 3 rings (SSSR count). The van der Waals surface area contributed by atoms with Crippen LogP contribution >= 0.6 is 11.3 Å². The first-order valence-electron chi connectivity index (χ1n) is 7.11. The summed E-state index contributed by atoms with van der Waals surface area (Å²) in [6.45, 7) is 2.85. The molecule has 1 heterocycles. The zero-order chi connectivity index (χ0) is 14.1. The molecule has 106 valence electrons. The van der Waals surface area contributed by atoms with Crippen LogP contribution in [-0.2, 0) is 4.79 Å². The highest BCUT2D eigenvalue weighted by atomic mass is 32.1. The van der Waals surface area contributed by atoms with Gasteiger partial charge in [0.15, 0.2) is 0 Å². The van der Waals surface area contributed by atoms with Crippen molar-refractivity contribution in [3.8, 4) is 0 Å². The maximum absolute atomic E-state index is 10.8. The number of fused-ring (bicyclic) bond motifs is 1. The summed E-state index contributed by atoms with van der Waals surface area (Å²) in [5, 5.41) is 10.2. The topological polar surface area (TPSA) is 40.5 Å². The Labute approximate surface area is 122 Å². The smallest absolute Gasteiger partial charge is 0.304 e. The Morgan fingerprint density at radius 2 is 2.20 bits per heavy atom. The number of carboxylic acids is 1. The van der Waals surface area contributed by atoms with E-state index in [0.717, 1.165) is 0 Å². The standard InChI is InChI=1S/C16H19NO2S/c1-11(17(13-6-7-13)9-8-16(18)19)15-10-12-4-2-3-5-14(12)20-15/h2-5,10-11,13H,6-9H2,1H3,(H,18,19). The minimum absolute atomic E-state index is 0.228. The fraction of sp³-hybridized carbons (Fsp3) is 0.438. The van der Waals surface area contributed by atoms with E-state index in [1.807, 2.05) is 11.3 Å². The summed E-state index contributed by atoms with van der Waals surface area (Å²) in [4.78, 5) is 14.5. The van der Waals surface area contributed by atoms with Crippen molar-refractivity contribution in [1.82, 2.24) is 4.90 Å². The predicted molar refractivity (Wildman–Crippen MR) is 82.2 cm³/mol. The van der Waals surface area contributed by atoms with E-state index in [0.29, 0.717) is 18.6 Å². The Hall–Kier alpha value is -1.39. The predicted octanol–water partition coefficient (Wildman–Crippen LogP) is 3.90. The number of nitrogens with zero attached hydrogens (tertiary/aromatic N) is 1. The molecular formula is C16H19NO2S. The van der Waals surface area contributed by atoms with Crippen LogP contribution < -0.4 is 0 Å². The lowest BCUT2D eigenvalue weighted by Crippen LogP contribution is -2.31. The number of thiophene rings is 1. The number of benzene rings is 1. The number of rotatable bonds is 6. The van der Waals surface area contributed by atoms with Gasteiger partial charge in [0.25, 0.3) is 0 Å². The molecule has 0 spiro atoms. The molecule has 0 amide bonds. The molecule has 4 heteroatoms. The number of hydrogen-bond acceptors (Lipinski definition) is 3. The van der Waals surface area contributed by atoms with Gasteiger partial charge in [-0.15, -0.1) is 11.3 Å². The number of carboxylic acid groups (broad SMARTS) is 1. The first-order chi connectivity index (χ1) is 9.65. The fourth-order valence-electron chi connectivity index (χ4n) is 2.70. The highest BCUT2D eigenvalue weighted by Crippen LogP contribution is 2.38. The van der Waals surface area contributed by atoms with Gasteiger partial charge < -0.3 is 5.11 Å². The van der Waals surface area contributed by atoms with Crippen LogP contribution in [0.5, 0.6) is 0 Å². The Bertz CT molecular complexity index is 585. The average Bonchev–Trinajstić information content (AvgIpc) is 3.16. The Kier molecular flexibility index (Phi) is 3.76. The van der Waals surface area contributed by atoms with Crippen molar-refractivity contribution < 1.29 is 9.90 Å². The molecule has 1 aromatic carbocycles. The van der Waals surface area contributed by atoms with E-state index in [-0.39, 0.29) is 6.42 Å². The Balaban J connectivity index is 1.80. The summed E-state index contributed by atoms with van der Waals surface area (Å²) in [7, 11) is 0. The van der Waals surface area contributed by atoms with Crippen LogP contribution in [0.3, 0.4) is 0 Å². The second-order valence-corrected chi connectivity index (χ2v) is 6.59. The molecule has 1 aliphatic rings. The van der Waals surface area contributed by atoms with Gasteiger partial charge in [-0.05, 0) is 37.3 Å². The van der Waals surface area contributed by atoms with Gasteiger partial charge in [-0.2, -0.15) is 0 Å². The van der Waals surface area contributed by atoms with E-state index in [4.69, 9.17) is 5.11 Å². The van der Waals surface area contributed by atoms with Gasteiger partial charge in [0, 0.05) is 28.2 Å². The first kappa shape index (κ1) is 13.6. The largest absolute Gasteiger partial charge is 0.481 e. The minimum Gasteiger partial charge on any atom is -0.481 e. The third-order valence-electron chi connectivity index (χ3n) is 3.95. The van der Waals surface area contributed by atoms with Gasteiger partial charge in [0.2, 0.25) is 0 Å². The monoisotopic (exact) mass is 289 g/mol. The molecule has 20 heavy (non-hydrogen) atoms. The van der Waals surface area contributed by atoms with Crippen LogP contribution in [0.1, 0.15) is 37.1 Å². The van der Waals surface area contributed by atoms with Crippen LogP contribution in [-0.4, -0.2) is 28.6 Å². The van der Waals surface area contributed by atoms with Crippen LogP contribution in [0, 0.1) is 0 Å². The minimum atomic E-state index is -0.709. The SMILES string of the molecule is CC(c1cc2ccccc2s1)N(CCC(=O)O)C1CC1. The molecule has 0 saturated heterocycles. The van der Waals surface area contributed by atoms with Crippen molar-refractivity contribution in [3.63, 3.8) is 0 Å². The summed E-state index contributed by atoms with van der Waals surface area (Å²) in [5.41, 5.74) is 0. The lowest BCUT2D eigenvalue weighted by Gasteiger charge is -2.27. The van der Waals surface area contributed by atoms with E-state index in [9.17, 15) is 4.79 Å². The summed E-state index contributed by atoms with van der Waals surface area (Å²) < 4.78 is 1.31. The maximum Gasteiger partial charge on any atom is 0.304 e. The zero-order valence-corrected chi connectivity index (χ0v) is 12.4. The van der Waals surface area contributed by atoms with Crippen LogP contribution in [0.4, 0.5) is 0 Å². The van der Waals surface area contributed by atoms with Crippen LogP contribution in [0.25, 0.3) is 10.1 Å². The van der Waals surface area contributed by atoms with Gasteiger partial charge in [0.05, 0.1) is 6.42 Å². The van der Waals surface area contributed by atoms with Crippen molar-refractivity contribution >= 4 is 27.4 Å². The molecule has 1 N–H and O–H groups in total. The number of hydrogen-bond donors (Lipinski definition) is 1. The molecule has 3 nitrogen and oxygen atoms in total. The van der Waals surface area contributed by atoms with Gasteiger partial charge in [0.1, 0.15) is 0 Å². The lowest BCUT2D eigenvalue weighted by atomic mass is 10.2. The highest BCUT2D eigenvalue weighted by Gasteiger charge is 2.33. The summed E-state index contributed by atoms with van der Waals surface area (Å²) >= 11 is 1.82. The number of aliphatic carboxylic acids is 1. The Morgan fingerprint density at radius 1 is 1.45 bits per heavy atom. The quantitative estimate of drug-likeness (QED) is 0.876. The highest BCUT2D eigenvalue weighted by molar-refractivity contribution is 7.19. The fourth-order valence-corrected chi connectivity index (χ4v) is 3.83. The zero-order valence-electron chi connectivity index (χ0n) is 11.6. The van der Waals surface area contributed by atoms with Crippen molar-refractivity contribution in [2.75, 3.05) is 6.54 Å². The molecule has 0 bridgehead atoms. The van der Waals surface area contributed by atoms with Crippen LogP contribution in [0.15, 0.2) is 30.3 Å². The Morgan fingerprint density at radius 3 is 2.85 bits per heavy atom. The molecule has 1 unspecified atom stereocenters. The van der Waals surface area contributed by atoms with E-state index in [1.54, 1.807) is 0 Å². The second kappa shape index (κ2) is 5.54. The van der Waals surface area contributed by atoms with Gasteiger partial charge in [-0.1, -0.05) is 18.2 Å². The van der Waals surface area contributed by atoms with Gasteiger partial charge in [-0.25, -0.2) is 0 Å². The number of carbonyl (C=O) groups is 1. The summed E-state index contributed by atoms with van der Waals surface area (Å²) in [6.07, 6.45) is 2.63. The normalized spacial score (nSPS) is 16.7. The van der Waals surface area contributed by atoms with E-state index in [1.165, 1.54) is 27.8 Å². The van der Waals surface area contributed by atoms with E-state index >= 15 is 0 Å². The second-order valence-electron chi connectivity index (χ2n) is 5.48. The van der Waals surface area contributed by atoms with Crippen LogP contribution in [0.2, 0.25) is 0 Å². The molecule has 1 saturated carbocycles. The van der Waals surface area contributed by atoms with Crippen molar-refractivity contribution in [2.45, 2.75) is 38.3 Å². The molecule has 1 atom stereocenters. The third-order valence-corrected chi connectivity index (χ3v) is 5.24. The molecule has 1 fully saturated rings. The van der Waals surface area contributed by atoms with E-state index < -0.39 is 5.97 Å². The van der Waals surface area contributed by atoms with Crippen molar-refractivity contribution in [1.29, 1.82) is 0 Å². The van der Waals surface area contributed by atoms with Gasteiger partial charge in [-0.3, -0.25) is 9.69 Å². The molecule has 0 aliphatic heterocycles. The summed E-state index contributed by atoms with van der Waals surface area (Å²) in [6, 6.07) is 11.5. The lowest BCUT2D eigenvalue weighted by molar-refractivity contribution is -0.137. The average molecular weight is 289 g/mol. The molecule has 0 radical (unpaired) electrons. The van der Waals surface area contributed by atoms with Gasteiger partial charge >= 0.3 is 5.97 Å². The van der Waals surface area contributed by atoms with Crippen molar-refractivity contribution in [3.05, 3.63) is 35.2 Å². The van der Waals surface area contributed by atoms with Crippen molar-refractivity contribution in [2.24, 2.45) is 0 Å². The van der Waals surface area contributed by atoms with E-state index in [2.05, 4.69) is 42.2 Å². The third kappa shape index (κ3) is 2.86. The maximum atomic E-state index is 10.8.